The van der Waals surface area contributed by atoms with Crippen molar-refractivity contribution in [2.45, 2.75) is 23.2 Å². The van der Waals surface area contributed by atoms with E-state index >= 15 is 0 Å². The van der Waals surface area contributed by atoms with Gasteiger partial charge >= 0.3 is 0 Å². The van der Waals surface area contributed by atoms with Crippen LogP contribution >= 0.6 is 27.7 Å². The summed E-state index contributed by atoms with van der Waals surface area (Å²) in [6.07, 6.45) is 3.16. The predicted octanol–water partition coefficient (Wildman–Crippen LogP) is 3.30. The SMILES string of the molecule is CC(N)C(Sc1ncnc2nc[nH]c12)c1ccccc1Br. The molecule has 0 saturated heterocycles. The van der Waals surface area contributed by atoms with Gasteiger partial charge in [0.25, 0.3) is 0 Å². The van der Waals surface area contributed by atoms with Crippen molar-refractivity contribution >= 4 is 38.9 Å². The summed E-state index contributed by atoms with van der Waals surface area (Å²) in [6, 6.07) is 8.09. The van der Waals surface area contributed by atoms with E-state index < -0.39 is 0 Å². The Labute approximate surface area is 134 Å². The van der Waals surface area contributed by atoms with Gasteiger partial charge < -0.3 is 10.7 Å². The zero-order valence-electron chi connectivity index (χ0n) is 11.3. The summed E-state index contributed by atoms with van der Waals surface area (Å²) in [5, 5.41) is 0.942. The third kappa shape index (κ3) is 2.95. The van der Waals surface area contributed by atoms with Crippen molar-refractivity contribution in [1.29, 1.82) is 0 Å². The first-order valence-electron chi connectivity index (χ1n) is 6.47. The molecule has 0 radical (unpaired) electrons. The lowest BCUT2D eigenvalue weighted by molar-refractivity contribution is 0.718. The Kier molecular flexibility index (Phi) is 4.23. The van der Waals surface area contributed by atoms with Crippen LogP contribution < -0.4 is 5.73 Å². The first kappa shape index (κ1) is 14.5. The molecule has 0 aliphatic heterocycles. The minimum Gasteiger partial charge on any atom is -0.341 e. The average Bonchev–Trinajstić information content (AvgIpc) is 2.94. The summed E-state index contributed by atoms with van der Waals surface area (Å²) in [4.78, 5) is 15.8. The van der Waals surface area contributed by atoms with Gasteiger partial charge in [-0.05, 0) is 18.6 Å². The van der Waals surface area contributed by atoms with Crippen LogP contribution in [-0.2, 0) is 0 Å². The van der Waals surface area contributed by atoms with Gasteiger partial charge in [0.05, 0.1) is 11.6 Å². The largest absolute Gasteiger partial charge is 0.341 e. The molecule has 21 heavy (non-hydrogen) atoms. The Morgan fingerprint density at radius 1 is 1.24 bits per heavy atom. The van der Waals surface area contributed by atoms with Crippen molar-refractivity contribution in [3.05, 3.63) is 47.0 Å². The van der Waals surface area contributed by atoms with Gasteiger partial charge in [0, 0.05) is 10.5 Å². The number of rotatable bonds is 4. The second kappa shape index (κ2) is 6.13. The van der Waals surface area contributed by atoms with Gasteiger partial charge in [0.2, 0.25) is 0 Å². The normalized spacial score (nSPS) is 14.2. The van der Waals surface area contributed by atoms with Gasteiger partial charge in [-0.25, -0.2) is 15.0 Å². The molecule has 2 unspecified atom stereocenters. The first-order chi connectivity index (χ1) is 10.2. The Balaban J connectivity index is 2.00. The van der Waals surface area contributed by atoms with Crippen molar-refractivity contribution in [2.75, 3.05) is 0 Å². The number of benzene rings is 1. The number of nitrogens with zero attached hydrogens (tertiary/aromatic N) is 3. The number of hydrogen-bond acceptors (Lipinski definition) is 5. The van der Waals surface area contributed by atoms with Crippen LogP contribution in [0.1, 0.15) is 17.7 Å². The standard InChI is InChI=1S/C14H14BrN5S/c1-8(16)12(9-4-2-3-5-10(9)15)21-14-11-13(18-6-17-11)19-7-20-14/h2-8,12H,16H2,1H3,(H,17,18,19,20). The first-order valence-corrected chi connectivity index (χ1v) is 8.15. The molecule has 0 saturated carbocycles. The highest BCUT2D eigenvalue weighted by Crippen LogP contribution is 2.40. The maximum absolute atomic E-state index is 6.19. The second-order valence-electron chi connectivity index (χ2n) is 4.70. The molecule has 3 N–H and O–H groups in total. The van der Waals surface area contributed by atoms with Crippen LogP contribution in [-0.4, -0.2) is 26.0 Å². The van der Waals surface area contributed by atoms with Crippen molar-refractivity contribution in [1.82, 2.24) is 19.9 Å². The van der Waals surface area contributed by atoms with E-state index in [2.05, 4.69) is 41.9 Å². The highest BCUT2D eigenvalue weighted by atomic mass is 79.9. The van der Waals surface area contributed by atoms with Crippen LogP contribution in [0, 0.1) is 0 Å². The number of imidazole rings is 1. The molecule has 5 nitrogen and oxygen atoms in total. The molecule has 0 fully saturated rings. The highest BCUT2D eigenvalue weighted by molar-refractivity contribution is 9.10. The number of aromatic amines is 1. The maximum atomic E-state index is 6.19. The van der Waals surface area contributed by atoms with Crippen molar-refractivity contribution in [3.8, 4) is 0 Å². The summed E-state index contributed by atoms with van der Waals surface area (Å²) in [5.41, 5.74) is 8.87. The van der Waals surface area contributed by atoms with E-state index in [0.29, 0.717) is 5.65 Å². The number of nitrogens with one attached hydrogen (secondary N) is 1. The van der Waals surface area contributed by atoms with E-state index in [4.69, 9.17) is 5.73 Å². The van der Waals surface area contributed by atoms with Gasteiger partial charge in [-0.15, -0.1) is 0 Å². The van der Waals surface area contributed by atoms with Crippen LogP contribution in [0.2, 0.25) is 0 Å². The van der Waals surface area contributed by atoms with Crippen molar-refractivity contribution in [2.24, 2.45) is 5.73 Å². The van der Waals surface area contributed by atoms with Crippen molar-refractivity contribution in [3.63, 3.8) is 0 Å². The molecule has 108 valence electrons. The zero-order chi connectivity index (χ0) is 14.8. The van der Waals surface area contributed by atoms with Crippen molar-refractivity contribution < 1.29 is 0 Å². The molecule has 7 heteroatoms. The van der Waals surface area contributed by atoms with E-state index in [-0.39, 0.29) is 11.3 Å². The predicted molar refractivity (Wildman–Crippen MR) is 88.1 cm³/mol. The molecule has 2 aromatic heterocycles. The third-order valence-corrected chi connectivity index (χ3v) is 5.31. The number of hydrogen-bond donors (Lipinski definition) is 2. The molecule has 2 atom stereocenters. The summed E-state index contributed by atoms with van der Waals surface area (Å²) in [7, 11) is 0. The summed E-state index contributed by atoms with van der Waals surface area (Å²) < 4.78 is 1.05. The average molecular weight is 364 g/mol. The molecular weight excluding hydrogens is 350 g/mol. The molecule has 0 spiro atoms. The number of thioether (sulfide) groups is 1. The Bertz CT molecular complexity index is 758. The lowest BCUT2D eigenvalue weighted by Crippen LogP contribution is -2.23. The molecule has 2 heterocycles. The zero-order valence-corrected chi connectivity index (χ0v) is 13.7. The van der Waals surface area contributed by atoms with Gasteiger partial charge in [0.1, 0.15) is 16.9 Å². The maximum Gasteiger partial charge on any atom is 0.181 e. The quantitative estimate of drug-likeness (QED) is 0.549. The molecule has 3 rings (SSSR count). The van der Waals surface area contributed by atoms with Crippen LogP contribution in [0.5, 0.6) is 0 Å². The summed E-state index contributed by atoms with van der Waals surface area (Å²) in [6.45, 7) is 2.00. The van der Waals surface area contributed by atoms with Crippen LogP contribution in [0.25, 0.3) is 11.2 Å². The van der Waals surface area contributed by atoms with E-state index in [1.54, 1.807) is 18.1 Å². The molecule has 0 amide bonds. The minimum absolute atomic E-state index is 0.0263. The van der Waals surface area contributed by atoms with E-state index in [1.165, 1.54) is 6.33 Å². The highest BCUT2D eigenvalue weighted by Gasteiger charge is 2.22. The van der Waals surface area contributed by atoms with Gasteiger partial charge in [-0.1, -0.05) is 45.9 Å². The fourth-order valence-electron chi connectivity index (χ4n) is 2.11. The third-order valence-electron chi connectivity index (χ3n) is 3.12. The lowest BCUT2D eigenvalue weighted by atomic mass is 10.1. The summed E-state index contributed by atoms with van der Waals surface area (Å²) in [5.74, 6) is 0. The summed E-state index contributed by atoms with van der Waals surface area (Å²) >= 11 is 5.22. The number of H-pyrrole nitrogens is 1. The Morgan fingerprint density at radius 3 is 2.81 bits per heavy atom. The topological polar surface area (TPSA) is 80.5 Å². The number of fused-ring (bicyclic) bond motifs is 1. The number of halogens is 1. The fourth-order valence-corrected chi connectivity index (χ4v) is 3.96. The van der Waals surface area contributed by atoms with Gasteiger partial charge in [0.15, 0.2) is 5.65 Å². The van der Waals surface area contributed by atoms with E-state index in [1.807, 2.05) is 25.1 Å². The molecular formula is C14H14BrN5S. The monoisotopic (exact) mass is 363 g/mol. The number of nitrogens with two attached hydrogens (primary N) is 1. The molecule has 1 aromatic carbocycles. The van der Waals surface area contributed by atoms with Crippen LogP contribution in [0.4, 0.5) is 0 Å². The number of aromatic nitrogens is 4. The molecule has 3 aromatic rings. The van der Waals surface area contributed by atoms with Gasteiger partial charge in [-0.3, -0.25) is 0 Å². The smallest absolute Gasteiger partial charge is 0.181 e. The molecule has 0 bridgehead atoms. The van der Waals surface area contributed by atoms with Gasteiger partial charge in [-0.2, -0.15) is 0 Å². The van der Waals surface area contributed by atoms with Crippen LogP contribution in [0.15, 0.2) is 46.4 Å². The minimum atomic E-state index is -0.0263. The lowest BCUT2D eigenvalue weighted by Gasteiger charge is -2.21. The molecule has 0 aliphatic rings. The molecule has 0 aliphatic carbocycles. The van der Waals surface area contributed by atoms with Crippen LogP contribution in [0.3, 0.4) is 0 Å². The fraction of sp³-hybridized carbons (Fsp3) is 0.214. The van der Waals surface area contributed by atoms with E-state index in [9.17, 15) is 0 Å². The second-order valence-corrected chi connectivity index (χ2v) is 6.68. The Hall–Kier alpha value is -1.44. The van der Waals surface area contributed by atoms with E-state index in [0.717, 1.165) is 20.6 Å². The Morgan fingerprint density at radius 2 is 2.05 bits per heavy atom.